The predicted octanol–water partition coefficient (Wildman–Crippen LogP) is 8.47. The van der Waals surface area contributed by atoms with Crippen LogP contribution in [0.4, 0.5) is 11.4 Å². The molecule has 0 aromatic heterocycles. The number of unbranched alkanes of at least 4 members (excludes halogenated alkanes) is 9. The van der Waals surface area contributed by atoms with Gasteiger partial charge in [-0.1, -0.05) is 101 Å². The van der Waals surface area contributed by atoms with Crippen molar-refractivity contribution in [3.63, 3.8) is 0 Å². The van der Waals surface area contributed by atoms with Gasteiger partial charge in [0.15, 0.2) is 0 Å². The van der Waals surface area contributed by atoms with Crippen molar-refractivity contribution in [3.05, 3.63) is 60.7 Å². The summed E-state index contributed by atoms with van der Waals surface area (Å²) >= 11 is 0. The minimum absolute atomic E-state index is 0. The van der Waals surface area contributed by atoms with E-state index in [2.05, 4.69) is 24.0 Å². The van der Waals surface area contributed by atoms with Gasteiger partial charge < -0.3 is 0 Å². The molecule has 0 atom stereocenters. The van der Waals surface area contributed by atoms with Crippen LogP contribution >= 0.6 is 0 Å². The fourth-order valence-corrected chi connectivity index (χ4v) is 3.27. The summed E-state index contributed by atoms with van der Waals surface area (Å²) in [4.78, 5) is 9.43. The third-order valence-corrected chi connectivity index (χ3v) is 4.93. The summed E-state index contributed by atoms with van der Waals surface area (Å²) in [6.45, 7) is 2.28. The van der Waals surface area contributed by atoms with E-state index in [1.165, 1.54) is 64.2 Å². The number of benzene rings is 2. The molecule has 160 valence electrons. The molecule has 2 aromatic rings. The molecular weight excluding hydrogens is 399 g/mol. The third-order valence-electron chi connectivity index (χ3n) is 4.93. The normalized spacial score (nSPS) is 11.6. The molecule has 0 aliphatic rings. The number of rotatable bonds is 14. The Labute approximate surface area is 187 Å². The largest absolute Gasteiger partial charge is 0.255 e. The molecule has 0 saturated heterocycles. The molecule has 0 unspecified atom stereocenters. The van der Waals surface area contributed by atoms with Crippen molar-refractivity contribution in [1.82, 2.24) is 0 Å². The number of aliphatic imine (C=N–C) groups is 2. The first-order valence-electron chi connectivity index (χ1n) is 11.1. The molecule has 0 bridgehead atoms. The quantitative estimate of drug-likeness (QED) is 0.162. The van der Waals surface area contributed by atoms with Gasteiger partial charge in [0, 0.05) is 22.7 Å². The van der Waals surface area contributed by atoms with Crippen LogP contribution in [0, 0.1) is 0 Å². The minimum atomic E-state index is 0. The topological polar surface area (TPSA) is 24.7 Å². The third kappa shape index (κ3) is 12.4. The molecule has 2 rings (SSSR count). The van der Waals surface area contributed by atoms with Gasteiger partial charge in [-0.15, -0.1) is 0 Å². The van der Waals surface area contributed by atoms with E-state index in [9.17, 15) is 0 Å². The van der Waals surface area contributed by atoms with E-state index in [1.54, 1.807) is 0 Å². The van der Waals surface area contributed by atoms with Crippen LogP contribution in [0.3, 0.4) is 0 Å². The zero-order chi connectivity index (χ0) is 19.7. The Hall–Kier alpha value is -1.73. The van der Waals surface area contributed by atoms with Crippen molar-refractivity contribution in [1.29, 1.82) is 0 Å². The van der Waals surface area contributed by atoms with Gasteiger partial charge in [-0.3, -0.25) is 9.98 Å². The summed E-state index contributed by atoms with van der Waals surface area (Å²) in [6, 6.07) is 20.3. The summed E-state index contributed by atoms with van der Waals surface area (Å²) in [5, 5.41) is 0. The first kappa shape index (κ1) is 25.3. The molecule has 2 nitrogen and oxygen atoms in total. The second-order valence-electron chi connectivity index (χ2n) is 7.46. The average Bonchev–Trinajstić information content (AvgIpc) is 2.74. The van der Waals surface area contributed by atoms with Gasteiger partial charge in [-0.25, -0.2) is 0 Å². The number of nitrogens with zero attached hydrogens (tertiary/aromatic N) is 2. The Bertz CT molecular complexity index is 680. The van der Waals surface area contributed by atoms with E-state index in [4.69, 9.17) is 4.99 Å². The molecule has 0 aliphatic heterocycles. The number of para-hydroxylation sites is 2. The van der Waals surface area contributed by atoms with E-state index >= 15 is 0 Å². The van der Waals surface area contributed by atoms with Crippen molar-refractivity contribution in [2.24, 2.45) is 9.98 Å². The van der Waals surface area contributed by atoms with Crippen LogP contribution in [0.1, 0.15) is 77.6 Å². The van der Waals surface area contributed by atoms with Crippen molar-refractivity contribution in [2.45, 2.75) is 77.6 Å². The molecule has 29 heavy (non-hydrogen) atoms. The SMILES string of the molecule is CCCCCCCCCCCCC(C=Nc1ccccc1)=Nc1ccccc1.[Ni]. The van der Waals surface area contributed by atoms with Crippen LogP contribution in [0.5, 0.6) is 0 Å². The Morgan fingerprint density at radius 3 is 1.69 bits per heavy atom. The van der Waals surface area contributed by atoms with Crippen LogP contribution in [-0.4, -0.2) is 11.9 Å². The van der Waals surface area contributed by atoms with E-state index in [1.807, 2.05) is 54.7 Å². The van der Waals surface area contributed by atoms with Crippen molar-refractivity contribution in [3.8, 4) is 0 Å². The zero-order valence-corrected chi connectivity index (χ0v) is 18.8. The first-order valence-corrected chi connectivity index (χ1v) is 11.1. The summed E-state index contributed by atoms with van der Waals surface area (Å²) in [5.41, 5.74) is 3.05. The predicted molar refractivity (Wildman–Crippen MR) is 125 cm³/mol. The van der Waals surface area contributed by atoms with Crippen molar-refractivity contribution in [2.75, 3.05) is 0 Å². The molecule has 0 saturated carbocycles. The van der Waals surface area contributed by atoms with Gasteiger partial charge in [-0.05, 0) is 37.1 Å². The van der Waals surface area contributed by atoms with E-state index in [0.29, 0.717) is 0 Å². The molecule has 0 aliphatic carbocycles. The van der Waals surface area contributed by atoms with Gasteiger partial charge in [-0.2, -0.15) is 0 Å². The fourth-order valence-electron chi connectivity index (χ4n) is 3.27. The smallest absolute Gasteiger partial charge is 0.0633 e. The Morgan fingerprint density at radius 1 is 0.655 bits per heavy atom. The maximum absolute atomic E-state index is 4.82. The first-order chi connectivity index (χ1) is 13.9. The molecular formula is C26H36N2Ni. The monoisotopic (exact) mass is 434 g/mol. The molecule has 0 amide bonds. The second kappa shape index (κ2) is 17.2. The van der Waals surface area contributed by atoms with Gasteiger partial charge in [0.25, 0.3) is 0 Å². The molecule has 2 aromatic carbocycles. The van der Waals surface area contributed by atoms with Crippen LogP contribution in [-0.2, 0) is 16.5 Å². The van der Waals surface area contributed by atoms with Crippen LogP contribution in [0.15, 0.2) is 70.6 Å². The number of hydrogen-bond donors (Lipinski definition) is 0. The zero-order valence-electron chi connectivity index (χ0n) is 17.8. The Kier molecular flexibility index (Phi) is 15.0. The van der Waals surface area contributed by atoms with Gasteiger partial charge >= 0.3 is 0 Å². The van der Waals surface area contributed by atoms with E-state index < -0.39 is 0 Å². The number of hydrogen-bond acceptors (Lipinski definition) is 2. The maximum atomic E-state index is 4.82. The van der Waals surface area contributed by atoms with Crippen molar-refractivity contribution >= 4 is 23.3 Å². The summed E-state index contributed by atoms with van der Waals surface area (Å²) in [6.07, 6.45) is 16.5. The molecule has 0 spiro atoms. The second-order valence-corrected chi connectivity index (χ2v) is 7.46. The van der Waals surface area contributed by atoms with Gasteiger partial charge in [0.2, 0.25) is 0 Å². The molecule has 0 heterocycles. The minimum Gasteiger partial charge on any atom is -0.255 e. The molecule has 3 heteroatoms. The van der Waals surface area contributed by atoms with E-state index in [-0.39, 0.29) is 16.5 Å². The van der Waals surface area contributed by atoms with Gasteiger partial charge in [0.05, 0.1) is 17.1 Å². The molecule has 0 fully saturated rings. The van der Waals surface area contributed by atoms with Crippen molar-refractivity contribution < 1.29 is 16.5 Å². The molecule has 0 N–H and O–H groups in total. The summed E-state index contributed by atoms with van der Waals surface area (Å²) in [7, 11) is 0. The Morgan fingerprint density at radius 2 is 1.14 bits per heavy atom. The van der Waals surface area contributed by atoms with Crippen LogP contribution < -0.4 is 0 Å². The average molecular weight is 435 g/mol. The molecule has 0 radical (unpaired) electrons. The van der Waals surface area contributed by atoms with Crippen LogP contribution in [0.25, 0.3) is 0 Å². The summed E-state index contributed by atoms with van der Waals surface area (Å²) < 4.78 is 0. The van der Waals surface area contributed by atoms with Crippen LogP contribution in [0.2, 0.25) is 0 Å². The fraction of sp³-hybridized carbons (Fsp3) is 0.462. The summed E-state index contributed by atoms with van der Waals surface area (Å²) in [5.74, 6) is 0. The standard InChI is InChI=1S/C26H36N2.Ni/c1-2-3-4-5-6-7-8-9-10-13-22-26(28-25-20-16-12-17-21-25)23-27-24-18-14-11-15-19-24;/h11-12,14-21,23H,2-10,13,22H2,1H3;. The maximum Gasteiger partial charge on any atom is 0.0633 e. The van der Waals surface area contributed by atoms with Gasteiger partial charge in [0.1, 0.15) is 0 Å². The Balaban J connectivity index is 0.00000420. The van der Waals surface area contributed by atoms with E-state index in [0.717, 1.165) is 23.5 Å².